The summed E-state index contributed by atoms with van der Waals surface area (Å²) in [6, 6.07) is 19.4. The molecule has 1 atom stereocenters. The van der Waals surface area contributed by atoms with Crippen molar-refractivity contribution < 1.29 is 4.79 Å². The molecule has 6 nitrogen and oxygen atoms in total. The number of anilines is 2. The van der Waals surface area contributed by atoms with E-state index in [1.807, 2.05) is 73.6 Å². The summed E-state index contributed by atoms with van der Waals surface area (Å²) in [6.07, 6.45) is 0. The summed E-state index contributed by atoms with van der Waals surface area (Å²) < 4.78 is 1.21. The second kappa shape index (κ2) is 7.86. The maximum Gasteiger partial charge on any atom is 0.267 e. The summed E-state index contributed by atoms with van der Waals surface area (Å²) in [5, 5.41) is 7.21. The second-order valence-corrected chi connectivity index (χ2v) is 6.47. The van der Waals surface area contributed by atoms with Gasteiger partial charge in [-0.05, 0) is 37.3 Å². The Balaban J connectivity index is 1.81. The number of aromatic nitrogens is 2. The lowest BCUT2D eigenvalue weighted by Gasteiger charge is -2.16. The number of rotatable bonds is 5. The third kappa shape index (κ3) is 4.23. The van der Waals surface area contributed by atoms with Gasteiger partial charge in [-0.3, -0.25) is 9.59 Å². The average Bonchev–Trinajstić information content (AvgIpc) is 2.69. The highest BCUT2D eigenvalue weighted by Crippen LogP contribution is 2.18. The van der Waals surface area contributed by atoms with Gasteiger partial charge in [-0.1, -0.05) is 30.3 Å². The highest BCUT2D eigenvalue weighted by molar-refractivity contribution is 5.93. The van der Waals surface area contributed by atoms with Crippen LogP contribution in [0.4, 0.5) is 11.4 Å². The van der Waals surface area contributed by atoms with Crippen molar-refractivity contribution in [1.82, 2.24) is 9.78 Å². The van der Waals surface area contributed by atoms with E-state index in [1.54, 1.807) is 13.0 Å². The van der Waals surface area contributed by atoms with Crippen molar-refractivity contribution >= 4 is 17.3 Å². The van der Waals surface area contributed by atoms with Gasteiger partial charge in [-0.15, -0.1) is 0 Å². The van der Waals surface area contributed by atoms with E-state index in [-0.39, 0.29) is 11.5 Å². The van der Waals surface area contributed by atoms with Crippen molar-refractivity contribution in [3.05, 3.63) is 77.1 Å². The SMILES string of the molecule is CC(C(=O)Nc1ccc(N(C)C)cc1)n1nc(-c2ccccc2)ccc1=O. The quantitative estimate of drug-likeness (QED) is 0.757. The van der Waals surface area contributed by atoms with E-state index in [9.17, 15) is 9.59 Å². The predicted octanol–water partition coefficient (Wildman–Crippen LogP) is 3.18. The topological polar surface area (TPSA) is 67.2 Å². The first-order valence-corrected chi connectivity index (χ1v) is 8.69. The van der Waals surface area contributed by atoms with Gasteiger partial charge >= 0.3 is 0 Å². The Labute approximate surface area is 158 Å². The summed E-state index contributed by atoms with van der Waals surface area (Å²) in [6.45, 7) is 1.66. The first kappa shape index (κ1) is 18.4. The van der Waals surface area contributed by atoms with E-state index in [1.165, 1.54) is 10.7 Å². The molecule has 1 unspecified atom stereocenters. The Morgan fingerprint density at radius 3 is 2.30 bits per heavy atom. The third-order valence-corrected chi connectivity index (χ3v) is 4.29. The molecule has 0 saturated heterocycles. The molecule has 1 amide bonds. The van der Waals surface area contributed by atoms with Gasteiger partial charge in [0.05, 0.1) is 5.69 Å². The van der Waals surface area contributed by atoms with Crippen LogP contribution in [0.5, 0.6) is 0 Å². The molecular formula is C21H22N4O2. The molecule has 1 aromatic heterocycles. The predicted molar refractivity (Wildman–Crippen MR) is 108 cm³/mol. The van der Waals surface area contributed by atoms with Crippen LogP contribution in [0.3, 0.4) is 0 Å². The van der Waals surface area contributed by atoms with Gasteiger partial charge in [-0.25, -0.2) is 4.68 Å². The third-order valence-electron chi connectivity index (χ3n) is 4.29. The molecule has 0 aliphatic rings. The van der Waals surface area contributed by atoms with Gasteiger partial charge in [0.15, 0.2) is 0 Å². The first-order chi connectivity index (χ1) is 13.0. The lowest BCUT2D eigenvalue weighted by molar-refractivity contribution is -0.119. The van der Waals surface area contributed by atoms with Crippen LogP contribution < -0.4 is 15.8 Å². The highest BCUT2D eigenvalue weighted by Gasteiger charge is 2.18. The van der Waals surface area contributed by atoms with Crippen molar-refractivity contribution in [2.24, 2.45) is 0 Å². The zero-order chi connectivity index (χ0) is 19.4. The van der Waals surface area contributed by atoms with E-state index < -0.39 is 6.04 Å². The molecule has 3 aromatic rings. The molecule has 0 radical (unpaired) electrons. The van der Waals surface area contributed by atoms with Crippen LogP contribution in [0, 0.1) is 0 Å². The van der Waals surface area contributed by atoms with Gasteiger partial charge in [0, 0.05) is 37.1 Å². The van der Waals surface area contributed by atoms with E-state index in [2.05, 4.69) is 10.4 Å². The smallest absolute Gasteiger partial charge is 0.267 e. The number of hydrogen-bond acceptors (Lipinski definition) is 4. The number of hydrogen-bond donors (Lipinski definition) is 1. The fraction of sp³-hybridized carbons (Fsp3) is 0.190. The van der Waals surface area contributed by atoms with E-state index >= 15 is 0 Å². The first-order valence-electron chi connectivity index (χ1n) is 8.69. The van der Waals surface area contributed by atoms with Gasteiger partial charge < -0.3 is 10.2 Å². The molecule has 0 spiro atoms. The van der Waals surface area contributed by atoms with Crippen LogP contribution in [0.15, 0.2) is 71.5 Å². The zero-order valence-electron chi connectivity index (χ0n) is 15.6. The normalized spacial score (nSPS) is 11.7. The lowest BCUT2D eigenvalue weighted by atomic mass is 10.1. The Bertz CT molecular complexity index is 979. The molecule has 27 heavy (non-hydrogen) atoms. The fourth-order valence-corrected chi connectivity index (χ4v) is 2.67. The molecule has 0 aliphatic carbocycles. The van der Waals surface area contributed by atoms with Crippen LogP contribution in [0.25, 0.3) is 11.3 Å². The minimum absolute atomic E-state index is 0.299. The Morgan fingerprint density at radius 2 is 1.67 bits per heavy atom. The molecule has 2 aromatic carbocycles. The fourth-order valence-electron chi connectivity index (χ4n) is 2.67. The van der Waals surface area contributed by atoms with Gasteiger partial charge in [-0.2, -0.15) is 5.10 Å². The average molecular weight is 362 g/mol. The van der Waals surface area contributed by atoms with Crippen LogP contribution in [0.2, 0.25) is 0 Å². The molecule has 0 saturated carbocycles. The monoisotopic (exact) mass is 362 g/mol. The molecule has 138 valence electrons. The Hall–Kier alpha value is -3.41. The van der Waals surface area contributed by atoms with Gasteiger partial charge in [0.1, 0.15) is 6.04 Å². The second-order valence-electron chi connectivity index (χ2n) is 6.47. The minimum Gasteiger partial charge on any atom is -0.378 e. The standard InChI is InChI=1S/C21H22N4O2/c1-15(21(27)22-17-9-11-18(12-10-17)24(2)3)25-20(26)14-13-19(23-25)16-7-5-4-6-8-16/h4-15H,1-3H3,(H,22,27). The Kier molecular flexibility index (Phi) is 5.35. The zero-order valence-corrected chi connectivity index (χ0v) is 15.6. The summed E-state index contributed by atoms with van der Waals surface area (Å²) >= 11 is 0. The summed E-state index contributed by atoms with van der Waals surface area (Å²) in [5.41, 5.74) is 2.92. The number of carbonyl (C=O) groups is 1. The molecule has 0 fully saturated rings. The maximum atomic E-state index is 12.6. The lowest BCUT2D eigenvalue weighted by Crippen LogP contribution is -2.33. The summed E-state index contributed by atoms with van der Waals surface area (Å²) in [5.74, 6) is -0.299. The van der Waals surface area contributed by atoms with Gasteiger partial charge in [0.2, 0.25) is 5.91 Å². The largest absolute Gasteiger partial charge is 0.378 e. The molecule has 1 N–H and O–H groups in total. The highest BCUT2D eigenvalue weighted by atomic mass is 16.2. The van der Waals surface area contributed by atoms with Crippen molar-refractivity contribution in [3.8, 4) is 11.3 Å². The molecule has 0 aliphatic heterocycles. The molecular weight excluding hydrogens is 340 g/mol. The van der Waals surface area contributed by atoms with Crippen LogP contribution >= 0.6 is 0 Å². The van der Waals surface area contributed by atoms with Crippen LogP contribution in [0.1, 0.15) is 13.0 Å². The van der Waals surface area contributed by atoms with E-state index in [0.29, 0.717) is 11.4 Å². The van der Waals surface area contributed by atoms with Crippen molar-refractivity contribution in [2.75, 3.05) is 24.3 Å². The van der Waals surface area contributed by atoms with Crippen molar-refractivity contribution in [1.29, 1.82) is 0 Å². The molecule has 3 rings (SSSR count). The van der Waals surface area contributed by atoms with Gasteiger partial charge in [0.25, 0.3) is 5.56 Å². The number of carbonyl (C=O) groups excluding carboxylic acids is 1. The molecule has 6 heteroatoms. The van der Waals surface area contributed by atoms with Crippen molar-refractivity contribution in [3.63, 3.8) is 0 Å². The van der Waals surface area contributed by atoms with E-state index in [0.717, 1.165) is 11.3 Å². The number of nitrogens with one attached hydrogen (secondary N) is 1. The van der Waals surface area contributed by atoms with E-state index in [4.69, 9.17) is 0 Å². The number of amides is 1. The van der Waals surface area contributed by atoms with Crippen LogP contribution in [-0.4, -0.2) is 29.8 Å². The summed E-state index contributed by atoms with van der Waals surface area (Å²) in [4.78, 5) is 26.8. The maximum absolute atomic E-state index is 12.6. The van der Waals surface area contributed by atoms with Crippen LogP contribution in [-0.2, 0) is 4.79 Å². The Morgan fingerprint density at radius 1 is 1.00 bits per heavy atom. The number of benzene rings is 2. The minimum atomic E-state index is -0.741. The molecule has 0 bridgehead atoms. The summed E-state index contributed by atoms with van der Waals surface area (Å²) in [7, 11) is 3.90. The molecule has 1 heterocycles. The van der Waals surface area contributed by atoms with Crippen molar-refractivity contribution in [2.45, 2.75) is 13.0 Å². The number of nitrogens with zero attached hydrogens (tertiary/aromatic N) is 3.